The summed E-state index contributed by atoms with van der Waals surface area (Å²) in [5.41, 5.74) is 7.35. The Hall–Kier alpha value is -2.82. The lowest BCUT2D eigenvalue weighted by molar-refractivity contribution is -0.142. The summed E-state index contributed by atoms with van der Waals surface area (Å²) in [5, 5.41) is 9.13. The third-order valence-electron chi connectivity index (χ3n) is 5.81. The predicted molar refractivity (Wildman–Crippen MR) is 125 cm³/mol. The molecule has 1 unspecified atom stereocenters. The molecular weight excluding hydrogens is 446 g/mol. The second-order valence-corrected chi connectivity index (χ2v) is 9.89. The van der Waals surface area contributed by atoms with Crippen molar-refractivity contribution in [3.63, 3.8) is 0 Å². The molecule has 2 aliphatic rings. The highest BCUT2D eigenvalue weighted by molar-refractivity contribution is 7.89. The van der Waals surface area contributed by atoms with E-state index in [4.69, 9.17) is 20.3 Å². The van der Waals surface area contributed by atoms with Gasteiger partial charge < -0.3 is 25.2 Å². The van der Waals surface area contributed by atoms with E-state index in [1.807, 2.05) is 36.2 Å². The Bertz CT molecular complexity index is 1050. The molecule has 1 atom stereocenters. The second kappa shape index (κ2) is 10.9. The molecular formula is C23H31N3O6S. The first kappa shape index (κ1) is 24.8. The van der Waals surface area contributed by atoms with Gasteiger partial charge in [-0.3, -0.25) is 4.79 Å². The number of nitrogens with zero attached hydrogens (tertiary/aromatic N) is 2. The molecule has 1 fully saturated rings. The zero-order valence-corrected chi connectivity index (χ0v) is 19.8. The third kappa shape index (κ3) is 5.76. The lowest BCUT2D eigenvalue weighted by atomic mass is 10.0. The van der Waals surface area contributed by atoms with Gasteiger partial charge in [0.25, 0.3) is 0 Å². The topological polar surface area (TPSA) is 122 Å². The molecule has 0 spiro atoms. The van der Waals surface area contributed by atoms with Crippen molar-refractivity contribution in [2.75, 3.05) is 45.3 Å². The monoisotopic (exact) mass is 477 g/mol. The lowest BCUT2D eigenvalue weighted by Crippen LogP contribution is -2.42. The minimum absolute atomic E-state index is 0.0233. The summed E-state index contributed by atoms with van der Waals surface area (Å²) in [6.45, 7) is 2.17. The van der Waals surface area contributed by atoms with Crippen LogP contribution >= 0.6 is 0 Å². The van der Waals surface area contributed by atoms with Crippen molar-refractivity contribution < 1.29 is 27.8 Å². The minimum atomic E-state index is -3.71. The minimum Gasteiger partial charge on any atom is -0.496 e. The molecule has 0 aromatic heterocycles. The molecule has 2 heterocycles. The molecule has 1 saturated heterocycles. The van der Waals surface area contributed by atoms with Crippen LogP contribution in [0.4, 0.5) is 5.69 Å². The number of para-hydroxylation sites is 1. The molecule has 0 bridgehead atoms. The molecule has 2 aliphatic heterocycles. The summed E-state index contributed by atoms with van der Waals surface area (Å²) in [6.07, 6.45) is 1.07. The van der Waals surface area contributed by atoms with Crippen LogP contribution in [0.25, 0.3) is 0 Å². The number of nitrogens with two attached hydrogens (primary N) is 1. The van der Waals surface area contributed by atoms with E-state index in [0.717, 1.165) is 23.5 Å². The van der Waals surface area contributed by atoms with E-state index in [0.29, 0.717) is 38.3 Å². The number of aliphatic carboxylic acids is 1. The SMILES string of the molecule is CN1CCOc2cc(S(=O)(=O)N3CCCC(C(=O)O)C3)ccc21.COc1ccccc1CN. The van der Waals surface area contributed by atoms with Crippen molar-refractivity contribution in [2.45, 2.75) is 24.3 Å². The van der Waals surface area contributed by atoms with Crippen LogP contribution in [0.1, 0.15) is 18.4 Å². The average molecular weight is 478 g/mol. The first-order valence-electron chi connectivity index (χ1n) is 10.8. The number of methoxy groups -OCH3 is 1. The molecule has 2 aromatic rings. The lowest BCUT2D eigenvalue weighted by Gasteiger charge is -2.31. The first-order valence-corrected chi connectivity index (χ1v) is 12.2. The number of rotatable bonds is 5. The molecule has 4 rings (SSSR count). The summed E-state index contributed by atoms with van der Waals surface area (Å²) in [5.74, 6) is -0.171. The summed E-state index contributed by atoms with van der Waals surface area (Å²) in [6, 6.07) is 12.6. The Morgan fingerprint density at radius 3 is 2.67 bits per heavy atom. The van der Waals surface area contributed by atoms with E-state index >= 15 is 0 Å². The van der Waals surface area contributed by atoms with Crippen LogP contribution in [0.5, 0.6) is 11.5 Å². The Morgan fingerprint density at radius 2 is 2.00 bits per heavy atom. The van der Waals surface area contributed by atoms with Crippen LogP contribution in [0.3, 0.4) is 0 Å². The normalized spacial score (nSPS) is 18.4. The zero-order valence-electron chi connectivity index (χ0n) is 18.9. The Kier molecular flexibility index (Phi) is 8.17. The standard InChI is InChI=1S/C15H20N2O5S.C8H11NO/c1-16-7-8-22-14-9-12(4-5-13(14)16)23(20,21)17-6-2-3-11(10-17)15(18)19;1-10-8-5-3-2-4-7(8)6-9/h4-5,9,11H,2-3,6-8,10H2,1H3,(H,18,19);2-5H,6,9H2,1H3. The molecule has 3 N–H and O–H groups in total. The Morgan fingerprint density at radius 1 is 1.24 bits per heavy atom. The van der Waals surface area contributed by atoms with Crippen LogP contribution in [-0.4, -0.2) is 64.2 Å². The summed E-state index contributed by atoms with van der Waals surface area (Å²) in [7, 11) is -0.132. The quantitative estimate of drug-likeness (QED) is 0.672. The maximum Gasteiger partial charge on any atom is 0.307 e. The maximum absolute atomic E-state index is 12.8. The van der Waals surface area contributed by atoms with Gasteiger partial charge >= 0.3 is 5.97 Å². The molecule has 0 aliphatic carbocycles. The molecule has 9 nitrogen and oxygen atoms in total. The molecule has 0 radical (unpaired) electrons. The van der Waals surface area contributed by atoms with Crippen LogP contribution in [0.2, 0.25) is 0 Å². The molecule has 2 aromatic carbocycles. The number of ether oxygens (including phenoxy) is 2. The number of piperidine rings is 1. The highest BCUT2D eigenvalue weighted by Gasteiger charge is 2.34. The number of carboxylic acids is 1. The van der Waals surface area contributed by atoms with Gasteiger partial charge in [-0.25, -0.2) is 8.42 Å². The molecule has 0 saturated carbocycles. The van der Waals surface area contributed by atoms with Gasteiger partial charge in [0.05, 0.1) is 30.2 Å². The van der Waals surface area contributed by atoms with Gasteiger partial charge in [-0.15, -0.1) is 0 Å². The highest BCUT2D eigenvalue weighted by atomic mass is 32.2. The molecule has 0 amide bonds. The predicted octanol–water partition coefficient (Wildman–Crippen LogP) is 2.15. The fraction of sp³-hybridized carbons (Fsp3) is 0.435. The van der Waals surface area contributed by atoms with E-state index in [9.17, 15) is 13.2 Å². The molecule has 33 heavy (non-hydrogen) atoms. The first-order chi connectivity index (χ1) is 15.8. The number of hydrogen-bond acceptors (Lipinski definition) is 7. The fourth-order valence-corrected chi connectivity index (χ4v) is 5.42. The highest BCUT2D eigenvalue weighted by Crippen LogP contribution is 2.34. The number of likely N-dealkylation sites (N-methyl/N-ethyl adjacent to an activating group) is 1. The van der Waals surface area contributed by atoms with Crippen LogP contribution < -0.4 is 20.1 Å². The van der Waals surface area contributed by atoms with Gasteiger partial charge in [-0.2, -0.15) is 4.31 Å². The fourth-order valence-electron chi connectivity index (χ4n) is 3.88. The van der Waals surface area contributed by atoms with Crippen molar-refractivity contribution in [1.29, 1.82) is 0 Å². The van der Waals surface area contributed by atoms with Crippen LogP contribution in [-0.2, 0) is 21.4 Å². The summed E-state index contributed by atoms with van der Waals surface area (Å²) in [4.78, 5) is 13.3. The number of fused-ring (bicyclic) bond motifs is 1. The third-order valence-corrected chi connectivity index (χ3v) is 7.67. The summed E-state index contributed by atoms with van der Waals surface area (Å²) < 4.78 is 37.5. The Labute approximate surface area is 194 Å². The zero-order chi connectivity index (χ0) is 24.0. The van der Waals surface area contributed by atoms with Crippen molar-refractivity contribution >= 4 is 21.7 Å². The van der Waals surface area contributed by atoms with Gasteiger partial charge in [0.15, 0.2) is 0 Å². The van der Waals surface area contributed by atoms with Gasteiger partial charge in [0.2, 0.25) is 10.0 Å². The largest absolute Gasteiger partial charge is 0.496 e. The second-order valence-electron chi connectivity index (χ2n) is 7.96. The van der Waals surface area contributed by atoms with E-state index in [-0.39, 0.29) is 11.4 Å². The number of carboxylic acid groups (broad SMARTS) is 1. The number of benzene rings is 2. The van der Waals surface area contributed by atoms with Crippen LogP contribution in [0, 0.1) is 5.92 Å². The van der Waals surface area contributed by atoms with E-state index in [1.54, 1.807) is 19.2 Å². The van der Waals surface area contributed by atoms with Gasteiger partial charge in [-0.1, -0.05) is 18.2 Å². The van der Waals surface area contributed by atoms with Crippen molar-refractivity contribution in [3.05, 3.63) is 48.0 Å². The van der Waals surface area contributed by atoms with Crippen molar-refractivity contribution in [3.8, 4) is 11.5 Å². The number of anilines is 1. The van der Waals surface area contributed by atoms with Gasteiger partial charge in [0.1, 0.15) is 18.1 Å². The van der Waals surface area contributed by atoms with Crippen molar-refractivity contribution in [2.24, 2.45) is 11.7 Å². The number of carbonyl (C=O) groups is 1. The maximum atomic E-state index is 12.8. The number of hydrogen-bond donors (Lipinski definition) is 2. The van der Waals surface area contributed by atoms with Gasteiger partial charge in [0, 0.05) is 38.3 Å². The van der Waals surface area contributed by atoms with E-state index < -0.39 is 21.9 Å². The Balaban J connectivity index is 0.000000257. The molecule has 180 valence electrons. The number of sulfonamides is 1. The van der Waals surface area contributed by atoms with Crippen molar-refractivity contribution in [1.82, 2.24) is 4.31 Å². The van der Waals surface area contributed by atoms with E-state index in [2.05, 4.69) is 0 Å². The average Bonchev–Trinajstić information content (AvgIpc) is 2.84. The van der Waals surface area contributed by atoms with Crippen LogP contribution in [0.15, 0.2) is 47.4 Å². The summed E-state index contributed by atoms with van der Waals surface area (Å²) >= 11 is 0. The smallest absolute Gasteiger partial charge is 0.307 e. The van der Waals surface area contributed by atoms with Gasteiger partial charge in [-0.05, 0) is 31.0 Å². The van der Waals surface area contributed by atoms with E-state index in [1.165, 1.54) is 10.4 Å². The molecule has 10 heteroatoms.